The lowest BCUT2D eigenvalue weighted by atomic mass is 9.95. The highest BCUT2D eigenvalue weighted by molar-refractivity contribution is 6.00. The summed E-state index contributed by atoms with van der Waals surface area (Å²) in [6, 6.07) is 21.9. The van der Waals surface area contributed by atoms with Gasteiger partial charge < -0.3 is 4.74 Å². The lowest BCUT2D eigenvalue weighted by Gasteiger charge is -2.12. The Hall–Kier alpha value is -2.28. The van der Waals surface area contributed by atoms with Crippen molar-refractivity contribution in [1.82, 2.24) is 0 Å². The van der Waals surface area contributed by atoms with E-state index >= 15 is 0 Å². The molecule has 0 heterocycles. The lowest BCUT2D eigenvalue weighted by Crippen LogP contribution is -1.89. The maximum absolute atomic E-state index is 5.44. The summed E-state index contributed by atoms with van der Waals surface area (Å²) in [6.45, 7) is 2.12. The van der Waals surface area contributed by atoms with Gasteiger partial charge in [-0.2, -0.15) is 0 Å². The van der Waals surface area contributed by atoms with Crippen LogP contribution in [-0.4, -0.2) is 7.11 Å². The topological polar surface area (TPSA) is 9.23 Å². The molecule has 19 heavy (non-hydrogen) atoms. The van der Waals surface area contributed by atoms with Crippen molar-refractivity contribution in [3.63, 3.8) is 0 Å². The van der Waals surface area contributed by atoms with Crippen LogP contribution in [0.5, 0.6) is 5.75 Å². The molecule has 0 amide bonds. The normalized spacial score (nSPS) is 10.6. The zero-order valence-corrected chi connectivity index (χ0v) is 11.1. The maximum atomic E-state index is 5.44. The minimum atomic E-state index is 0.910. The summed E-state index contributed by atoms with van der Waals surface area (Å²) in [4.78, 5) is 0. The third kappa shape index (κ3) is 1.97. The molecule has 0 atom stereocenters. The molecule has 3 aromatic carbocycles. The minimum absolute atomic E-state index is 0.910. The molecule has 1 heteroatoms. The number of rotatable bonds is 2. The first-order chi connectivity index (χ1) is 9.31. The van der Waals surface area contributed by atoms with Gasteiger partial charge in [-0.25, -0.2) is 0 Å². The van der Waals surface area contributed by atoms with Gasteiger partial charge in [0.05, 0.1) is 7.11 Å². The number of benzene rings is 3. The van der Waals surface area contributed by atoms with Crippen molar-refractivity contribution in [2.75, 3.05) is 7.11 Å². The van der Waals surface area contributed by atoms with Crippen LogP contribution in [0.15, 0.2) is 54.6 Å². The maximum Gasteiger partial charge on any atom is 0.126 e. The molecule has 0 aliphatic rings. The second-order valence-corrected chi connectivity index (χ2v) is 4.59. The van der Waals surface area contributed by atoms with E-state index in [1.165, 1.54) is 16.5 Å². The fourth-order valence-electron chi connectivity index (χ4n) is 2.48. The van der Waals surface area contributed by atoms with Crippen LogP contribution in [0.1, 0.15) is 5.56 Å². The van der Waals surface area contributed by atoms with Crippen LogP contribution < -0.4 is 4.74 Å². The van der Waals surface area contributed by atoms with Crippen LogP contribution in [0.25, 0.3) is 21.9 Å². The van der Waals surface area contributed by atoms with E-state index in [1.54, 1.807) is 7.11 Å². The van der Waals surface area contributed by atoms with Crippen molar-refractivity contribution in [3.8, 4) is 16.9 Å². The highest BCUT2D eigenvalue weighted by Crippen LogP contribution is 2.35. The van der Waals surface area contributed by atoms with Gasteiger partial charge in [0.1, 0.15) is 5.75 Å². The molecule has 0 aromatic heterocycles. The SMILES string of the molecule is COc1ccc(-c2[c]cccc2C)c2ccccc12. The number of methoxy groups -OCH3 is 1. The summed E-state index contributed by atoms with van der Waals surface area (Å²) in [5, 5.41) is 2.34. The van der Waals surface area contributed by atoms with Crippen LogP contribution >= 0.6 is 0 Å². The molecule has 0 saturated heterocycles. The van der Waals surface area contributed by atoms with Crippen molar-refractivity contribution < 1.29 is 4.74 Å². The van der Waals surface area contributed by atoms with Gasteiger partial charge in [0.15, 0.2) is 0 Å². The van der Waals surface area contributed by atoms with Gasteiger partial charge in [-0.1, -0.05) is 48.5 Å². The number of hydrogen-bond donors (Lipinski definition) is 0. The number of ether oxygens (including phenoxy) is 1. The molecule has 0 N–H and O–H groups in total. The molecule has 0 unspecified atom stereocenters. The van der Waals surface area contributed by atoms with Gasteiger partial charge in [-0.15, -0.1) is 0 Å². The highest BCUT2D eigenvalue weighted by atomic mass is 16.5. The smallest absolute Gasteiger partial charge is 0.126 e. The average Bonchev–Trinajstić information content (AvgIpc) is 2.47. The van der Waals surface area contributed by atoms with Crippen LogP contribution in [0, 0.1) is 13.0 Å². The van der Waals surface area contributed by atoms with Crippen molar-refractivity contribution in [2.24, 2.45) is 0 Å². The molecular formula is C18H15O. The third-order valence-electron chi connectivity index (χ3n) is 3.44. The minimum Gasteiger partial charge on any atom is -0.496 e. The van der Waals surface area contributed by atoms with E-state index in [4.69, 9.17) is 4.74 Å². The van der Waals surface area contributed by atoms with Gasteiger partial charge in [-0.05, 0) is 41.1 Å². The van der Waals surface area contributed by atoms with Crippen LogP contribution in [0.4, 0.5) is 0 Å². The van der Waals surface area contributed by atoms with Gasteiger partial charge in [0, 0.05) is 5.39 Å². The van der Waals surface area contributed by atoms with E-state index in [9.17, 15) is 0 Å². The van der Waals surface area contributed by atoms with Gasteiger partial charge in [0.2, 0.25) is 0 Å². The second-order valence-electron chi connectivity index (χ2n) is 4.59. The van der Waals surface area contributed by atoms with E-state index in [1.807, 2.05) is 24.3 Å². The van der Waals surface area contributed by atoms with Gasteiger partial charge in [-0.3, -0.25) is 0 Å². The Bertz CT molecular complexity index is 729. The van der Waals surface area contributed by atoms with E-state index in [2.05, 4.69) is 43.3 Å². The van der Waals surface area contributed by atoms with E-state index < -0.39 is 0 Å². The fraction of sp³-hybridized carbons (Fsp3) is 0.111. The molecule has 0 aliphatic carbocycles. The van der Waals surface area contributed by atoms with E-state index in [-0.39, 0.29) is 0 Å². The molecule has 0 saturated carbocycles. The summed E-state index contributed by atoms with van der Waals surface area (Å²) in [7, 11) is 1.71. The highest BCUT2D eigenvalue weighted by Gasteiger charge is 2.09. The summed E-state index contributed by atoms with van der Waals surface area (Å²) >= 11 is 0. The van der Waals surface area contributed by atoms with Crippen molar-refractivity contribution >= 4 is 10.8 Å². The predicted molar refractivity (Wildman–Crippen MR) is 79.5 cm³/mol. The van der Waals surface area contributed by atoms with Crippen LogP contribution in [0.2, 0.25) is 0 Å². The first-order valence-corrected chi connectivity index (χ1v) is 6.34. The Morgan fingerprint density at radius 2 is 1.68 bits per heavy atom. The van der Waals surface area contributed by atoms with Crippen molar-refractivity contribution in [3.05, 3.63) is 66.2 Å². The van der Waals surface area contributed by atoms with Crippen molar-refractivity contribution in [2.45, 2.75) is 6.92 Å². The molecule has 0 aliphatic heterocycles. The Morgan fingerprint density at radius 1 is 0.895 bits per heavy atom. The number of hydrogen-bond acceptors (Lipinski definition) is 1. The Labute approximate surface area is 113 Å². The third-order valence-corrected chi connectivity index (χ3v) is 3.44. The van der Waals surface area contributed by atoms with Gasteiger partial charge in [0.25, 0.3) is 0 Å². The van der Waals surface area contributed by atoms with Crippen LogP contribution in [-0.2, 0) is 0 Å². The molecule has 93 valence electrons. The van der Waals surface area contributed by atoms with Crippen LogP contribution in [0.3, 0.4) is 0 Å². The fourth-order valence-corrected chi connectivity index (χ4v) is 2.48. The number of aryl methyl sites for hydroxylation is 1. The molecule has 1 nitrogen and oxygen atoms in total. The zero-order chi connectivity index (χ0) is 13.2. The molecule has 3 rings (SSSR count). The zero-order valence-electron chi connectivity index (χ0n) is 11.1. The summed E-state index contributed by atoms with van der Waals surface area (Å²) in [5.74, 6) is 0.910. The van der Waals surface area contributed by atoms with E-state index in [0.29, 0.717) is 0 Å². The first kappa shape index (κ1) is 11.8. The van der Waals surface area contributed by atoms with Gasteiger partial charge >= 0.3 is 0 Å². The molecular weight excluding hydrogens is 232 g/mol. The summed E-state index contributed by atoms with van der Waals surface area (Å²) in [5.41, 5.74) is 3.59. The molecule has 0 spiro atoms. The Kier molecular flexibility index (Phi) is 2.96. The molecule has 3 aromatic rings. The first-order valence-electron chi connectivity index (χ1n) is 6.34. The summed E-state index contributed by atoms with van der Waals surface area (Å²) in [6.07, 6.45) is 0. The average molecular weight is 247 g/mol. The van der Waals surface area contributed by atoms with E-state index in [0.717, 1.165) is 16.7 Å². The molecule has 0 bridgehead atoms. The molecule has 0 fully saturated rings. The predicted octanol–water partition coefficient (Wildman–Crippen LogP) is 4.62. The Morgan fingerprint density at radius 3 is 2.42 bits per heavy atom. The quantitative estimate of drug-likeness (QED) is 0.642. The standard InChI is InChI=1S/C18H15O/c1-13-7-3-4-8-14(13)16-11-12-18(19-2)17-10-6-5-9-15(16)17/h3-7,9-12H,1-2H3. The largest absolute Gasteiger partial charge is 0.496 e. The molecule has 1 radical (unpaired) electrons. The van der Waals surface area contributed by atoms with Crippen molar-refractivity contribution in [1.29, 1.82) is 0 Å². The Balaban J connectivity index is 2.35. The summed E-state index contributed by atoms with van der Waals surface area (Å²) < 4.78 is 5.44. The lowest BCUT2D eigenvalue weighted by molar-refractivity contribution is 0.420. The number of fused-ring (bicyclic) bond motifs is 1. The second kappa shape index (κ2) is 4.77. The monoisotopic (exact) mass is 247 g/mol.